The second-order valence-corrected chi connectivity index (χ2v) is 8.56. The Labute approximate surface area is 198 Å². The molecule has 1 amide bonds. The molecule has 4 rings (SSSR count). The maximum atomic E-state index is 13.8. The van der Waals surface area contributed by atoms with Gasteiger partial charge in [0, 0.05) is 30.9 Å². The van der Waals surface area contributed by atoms with Gasteiger partial charge >= 0.3 is 6.18 Å². The number of ether oxygens (including phenoxy) is 2. The molecule has 1 aliphatic heterocycles. The topological polar surface area (TPSA) is 110 Å². The van der Waals surface area contributed by atoms with Crippen LogP contribution in [0.5, 0.6) is 5.88 Å². The minimum absolute atomic E-state index is 0.0157. The smallest absolute Gasteiger partial charge is 0.433 e. The first-order valence-corrected chi connectivity index (χ1v) is 11.0. The van der Waals surface area contributed by atoms with Gasteiger partial charge in [0.2, 0.25) is 5.88 Å². The first-order chi connectivity index (χ1) is 16.4. The van der Waals surface area contributed by atoms with E-state index < -0.39 is 23.5 Å². The molecule has 0 aliphatic carbocycles. The fourth-order valence-corrected chi connectivity index (χ4v) is 4.07. The van der Waals surface area contributed by atoms with Crippen LogP contribution in [0.2, 0.25) is 0 Å². The van der Waals surface area contributed by atoms with E-state index in [9.17, 15) is 22.8 Å². The van der Waals surface area contributed by atoms with Crippen molar-refractivity contribution >= 4 is 16.9 Å². The lowest BCUT2D eigenvalue weighted by atomic mass is 10.1. The summed E-state index contributed by atoms with van der Waals surface area (Å²) in [7, 11) is 0. The molecular weight excluding hydrogens is 467 g/mol. The summed E-state index contributed by atoms with van der Waals surface area (Å²) in [5, 5.41) is -0.0862. The highest BCUT2D eigenvalue weighted by molar-refractivity contribution is 5.94. The minimum Gasteiger partial charge on any atom is -0.470 e. The minimum atomic E-state index is -4.80. The molecule has 3 aromatic heterocycles. The Kier molecular flexibility index (Phi) is 6.50. The predicted octanol–water partition coefficient (Wildman–Crippen LogP) is 3.43. The lowest BCUT2D eigenvalue weighted by Crippen LogP contribution is -2.48. The Hall–Kier alpha value is -3.54. The van der Waals surface area contributed by atoms with Gasteiger partial charge in [-0.15, -0.1) is 0 Å². The quantitative estimate of drug-likeness (QED) is 0.595. The van der Waals surface area contributed by atoms with E-state index in [4.69, 9.17) is 9.47 Å². The van der Waals surface area contributed by atoms with Crippen molar-refractivity contribution in [1.29, 1.82) is 0 Å². The summed E-state index contributed by atoms with van der Waals surface area (Å²) in [6.07, 6.45) is -4.82. The number of H-pyrrole nitrogens is 1. The second-order valence-electron chi connectivity index (χ2n) is 8.56. The van der Waals surface area contributed by atoms with Crippen molar-refractivity contribution in [2.75, 3.05) is 13.1 Å². The van der Waals surface area contributed by atoms with Gasteiger partial charge in [-0.1, -0.05) is 0 Å². The zero-order chi connectivity index (χ0) is 25.5. The van der Waals surface area contributed by atoms with Crippen molar-refractivity contribution in [3.05, 3.63) is 57.4 Å². The number of carbonyl (C=O) groups is 1. The molecule has 3 aromatic rings. The second kappa shape index (κ2) is 9.25. The van der Waals surface area contributed by atoms with Crippen LogP contribution in [0.25, 0.3) is 11.0 Å². The number of pyridine rings is 2. The lowest BCUT2D eigenvalue weighted by molar-refractivity contribution is -0.142. The van der Waals surface area contributed by atoms with Crippen LogP contribution >= 0.6 is 0 Å². The summed E-state index contributed by atoms with van der Waals surface area (Å²) < 4.78 is 52.5. The molecule has 1 N–H and O–H groups in total. The van der Waals surface area contributed by atoms with Gasteiger partial charge in [0.1, 0.15) is 11.9 Å². The molecule has 3 atom stereocenters. The van der Waals surface area contributed by atoms with Crippen LogP contribution in [-0.4, -0.2) is 56.0 Å². The highest BCUT2D eigenvalue weighted by atomic mass is 19.4. The lowest BCUT2D eigenvalue weighted by Gasteiger charge is -2.35. The molecule has 0 saturated carbocycles. The van der Waals surface area contributed by atoms with E-state index in [1.54, 1.807) is 4.90 Å². The maximum Gasteiger partial charge on any atom is 0.433 e. The van der Waals surface area contributed by atoms with E-state index in [-0.39, 0.29) is 46.4 Å². The number of nitrogens with one attached hydrogen (secondary N) is 1. The number of hydrogen-bond donors (Lipinski definition) is 1. The molecule has 12 heteroatoms. The summed E-state index contributed by atoms with van der Waals surface area (Å²) >= 11 is 0. The number of hydrogen-bond acceptors (Lipinski definition) is 7. The number of aromatic amines is 1. The van der Waals surface area contributed by atoms with Crippen LogP contribution < -0.4 is 10.3 Å². The van der Waals surface area contributed by atoms with Crippen molar-refractivity contribution in [3.8, 4) is 5.88 Å². The third-order valence-corrected chi connectivity index (χ3v) is 5.54. The molecule has 4 heterocycles. The normalized spacial score (nSPS) is 19.6. The molecule has 0 radical (unpaired) electrons. The van der Waals surface area contributed by atoms with Gasteiger partial charge < -0.3 is 19.4 Å². The molecule has 186 valence electrons. The summed E-state index contributed by atoms with van der Waals surface area (Å²) in [6.45, 7) is 7.51. The van der Waals surface area contributed by atoms with Crippen LogP contribution in [0.15, 0.2) is 29.2 Å². The standard InChI is InChI=1S/C23H24F3N5O4/c1-11-9-31(10-12(2)34-11)22(33)15-5-6-18(27-8-15)35-13(3)16-7-17-20(28-14(4)29-21(17)32)30-19(16)23(24,25)26/h5-8,11-13H,9-10H2,1-4H3,(H,28,29,30,32)/t11-,12+,13-/m1/s1. The van der Waals surface area contributed by atoms with Crippen LogP contribution in [0.4, 0.5) is 13.2 Å². The Morgan fingerprint density at radius 1 is 1.23 bits per heavy atom. The van der Waals surface area contributed by atoms with E-state index in [0.29, 0.717) is 18.7 Å². The van der Waals surface area contributed by atoms with Crippen molar-refractivity contribution in [2.45, 2.75) is 52.2 Å². The molecule has 1 fully saturated rings. The Morgan fingerprint density at radius 3 is 2.51 bits per heavy atom. The molecule has 1 aliphatic rings. The molecule has 1 saturated heterocycles. The summed E-state index contributed by atoms with van der Waals surface area (Å²) in [6, 6.07) is 4.00. The average Bonchev–Trinajstić information content (AvgIpc) is 2.77. The first-order valence-electron chi connectivity index (χ1n) is 11.0. The molecular formula is C23H24F3N5O4. The van der Waals surface area contributed by atoms with E-state index in [1.165, 1.54) is 32.2 Å². The molecule has 0 spiro atoms. The molecule has 9 nitrogen and oxygen atoms in total. The number of nitrogens with zero attached hydrogens (tertiary/aromatic N) is 4. The number of morpholine rings is 1. The number of alkyl halides is 3. The molecule has 0 unspecified atom stereocenters. The van der Waals surface area contributed by atoms with Crippen LogP contribution in [0.1, 0.15) is 54.3 Å². The average molecular weight is 491 g/mol. The van der Waals surface area contributed by atoms with E-state index in [1.807, 2.05) is 13.8 Å². The van der Waals surface area contributed by atoms with Gasteiger partial charge in [-0.05, 0) is 39.8 Å². The van der Waals surface area contributed by atoms with Gasteiger partial charge in [-0.3, -0.25) is 9.59 Å². The predicted molar refractivity (Wildman–Crippen MR) is 119 cm³/mol. The van der Waals surface area contributed by atoms with Gasteiger partial charge in [-0.2, -0.15) is 13.2 Å². The van der Waals surface area contributed by atoms with Crippen LogP contribution in [0, 0.1) is 6.92 Å². The summed E-state index contributed by atoms with van der Waals surface area (Å²) in [4.78, 5) is 40.8. The van der Waals surface area contributed by atoms with E-state index in [2.05, 4.69) is 19.9 Å². The fraction of sp³-hybridized carbons (Fsp3) is 0.435. The number of aromatic nitrogens is 4. The maximum absolute atomic E-state index is 13.8. The molecule has 0 bridgehead atoms. The third kappa shape index (κ3) is 5.26. The zero-order valence-electron chi connectivity index (χ0n) is 19.5. The van der Waals surface area contributed by atoms with Crippen molar-refractivity contribution < 1.29 is 27.4 Å². The number of rotatable bonds is 4. The first kappa shape index (κ1) is 24.6. The number of carbonyl (C=O) groups excluding carboxylic acids is 1. The van der Waals surface area contributed by atoms with Gasteiger partial charge in [0.05, 0.1) is 23.2 Å². The number of halogens is 3. The highest BCUT2D eigenvalue weighted by Gasteiger charge is 2.38. The summed E-state index contributed by atoms with van der Waals surface area (Å²) in [5.41, 5.74) is -2.11. The van der Waals surface area contributed by atoms with E-state index >= 15 is 0 Å². The Balaban J connectivity index is 1.59. The zero-order valence-corrected chi connectivity index (χ0v) is 19.5. The van der Waals surface area contributed by atoms with Gasteiger partial charge in [0.15, 0.2) is 11.3 Å². The number of amides is 1. The van der Waals surface area contributed by atoms with Crippen molar-refractivity contribution in [3.63, 3.8) is 0 Å². The largest absolute Gasteiger partial charge is 0.470 e. The van der Waals surface area contributed by atoms with Gasteiger partial charge in [-0.25, -0.2) is 15.0 Å². The highest BCUT2D eigenvalue weighted by Crippen LogP contribution is 2.35. The van der Waals surface area contributed by atoms with Crippen molar-refractivity contribution in [1.82, 2.24) is 24.8 Å². The van der Waals surface area contributed by atoms with Crippen LogP contribution in [0.3, 0.4) is 0 Å². The fourth-order valence-electron chi connectivity index (χ4n) is 4.07. The Morgan fingerprint density at radius 2 is 1.91 bits per heavy atom. The van der Waals surface area contributed by atoms with Gasteiger partial charge in [0.25, 0.3) is 11.5 Å². The Bertz CT molecular complexity index is 1300. The third-order valence-electron chi connectivity index (χ3n) is 5.54. The summed E-state index contributed by atoms with van der Waals surface area (Å²) in [5.74, 6) is -0.0545. The molecule has 35 heavy (non-hydrogen) atoms. The molecule has 0 aromatic carbocycles. The SMILES string of the molecule is Cc1nc2nc(C(F)(F)F)c([C@@H](C)Oc3ccc(C(=O)N4C[C@@H](C)O[C@@H](C)C4)cn3)cc2c(=O)[nH]1. The number of aryl methyl sites for hydroxylation is 1. The van der Waals surface area contributed by atoms with E-state index in [0.717, 1.165) is 6.07 Å². The monoisotopic (exact) mass is 491 g/mol. The van der Waals surface area contributed by atoms with Crippen LogP contribution in [-0.2, 0) is 10.9 Å². The van der Waals surface area contributed by atoms with Crippen molar-refractivity contribution in [2.24, 2.45) is 0 Å². The number of fused-ring (bicyclic) bond motifs is 1.